The number of rotatable bonds is 0. The first-order chi connectivity index (χ1) is 4.20. The van der Waals surface area contributed by atoms with Crippen LogP contribution in [0.1, 0.15) is 6.92 Å². The highest BCUT2D eigenvalue weighted by Crippen LogP contribution is 2.01. The summed E-state index contributed by atoms with van der Waals surface area (Å²) in [5.41, 5.74) is 0. The highest BCUT2D eigenvalue weighted by atomic mass is 32.2. The maximum atomic E-state index is 10.7. The third-order valence-corrected chi connectivity index (χ3v) is 2.57. The monoisotopic (exact) mass is 147 g/mol. The van der Waals surface area contributed by atoms with Crippen LogP contribution in [0.5, 0.6) is 0 Å². The molecule has 0 saturated carbocycles. The van der Waals surface area contributed by atoms with Crippen LogP contribution in [-0.4, -0.2) is 33.2 Å². The van der Waals surface area contributed by atoms with Crippen molar-refractivity contribution in [2.75, 3.05) is 18.2 Å². The van der Waals surface area contributed by atoms with Crippen molar-refractivity contribution in [3.05, 3.63) is 0 Å². The van der Waals surface area contributed by atoms with Gasteiger partial charge in [-0.05, 0) is 0 Å². The van der Waals surface area contributed by atoms with E-state index in [1.54, 1.807) is 4.90 Å². The molecule has 0 radical (unpaired) electrons. The molecule has 0 aromatic rings. The molecule has 1 unspecified atom stereocenters. The van der Waals surface area contributed by atoms with Crippen LogP contribution >= 0.6 is 0 Å². The summed E-state index contributed by atoms with van der Waals surface area (Å²) in [6.07, 6.45) is 0. The van der Waals surface area contributed by atoms with Gasteiger partial charge in [-0.2, -0.15) is 0 Å². The van der Waals surface area contributed by atoms with E-state index in [4.69, 9.17) is 0 Å². The number of carbonyl (C=O) groups is 1. The van der Waals surface area contributed by atoms with Gasteiger partial charge in [0.15, 0.2) is 0 Å². The summed E-state index contributed by atoms with van der Waals surface area (Å²) in [5, 5.41) is 0. The van der Waals surface area contributed by atoms with Gasteiger partial charge < -0.3 is 4.90 Å². The molecule has 0 spiro atoms. The fourth-order valence-electron chi connectivity index (χ4n) is 0.763. The zero-order chi connectivity index (χ0) is 6.85. The Morgan fingerprint density at radius 2 is 2.33 bits per heavy atom. The quantitative estimate of drug-likeness (QED) is 0.465. The Bertz CT molecular complexity index is 157. The summed E-state index contributed by atoms with van der Waals surface area (Å²) in [4.78, 5) is 12.2. The average molecular weight is 147 g/mol. The van der Waals surface area contributed by atoms with Gasteiger partial charge in [0.25, 0.3) is 0 Å². The first-order valence-corrected chi connectivity index (χ1v) is 4.29. The van der Waals surface area contributed by atoms with Crippen LogP contribution in [0.2, 0.25) is 0 Å². The third-order valence-electron chi connectivity index (χ3n) is 1.33. The van der Waals surface area contributed by atoms with E-state index in [9.17, 15) is 9.00 Å². The standard InChI is InChI=1S/C5H9NO2S/c1-5(7)6-2-3-9(8)4-6/h2-4H2,1H3. The molecule has 9 heavy (non-hydrogen) atoms. The predicted octanol–water partition coefficient (Wildman–Crippen LogP) is -0.445. The lowest BCUT2D eigenvalue weighted by atomic mass is 10.6. The van der Waals surface area contributed by atoms with Crippen LogP contribution in [0.25, 0.3) is 0 Å². The van der Waals surface area contributed by atoms with Gasteiger partial charge in [0.1, 0.15) is 0 Å². The minimum atomic E-state index is -0.768. The molecule has 0 aromatic heterocycles. The lowest BCUT2D eigenvalue weighted by molar-refractivity contribution is -0.127. The van der Waals surface area contributed by atoms with E-state index in [1.807, 2.05) is 0 Å². The van der Waals surface area contributed by atoms with Gasteiger partial charge >= 0.3 is 0 Å². The fourth-order valence-corrected chi connectivity index (χ4v) is 1.97. The summed E-state index contributed by atoms with van der Waals surface area (Å²) in [7, 11) is -0.768. The highest BCUT2D eigenvalue weighted by Gasteiger charge is 2.19. The van der Waals surface area contributed by atoms with Crippen LogP contribution in [-0.2, 0) is 15.6 Å². The van der Waals surface area contributed by atoms with Crippen LogP contribution in [0.4, 0.5) is 0 Å². The number of hydrogen-bond donors (Lipinski definition) is 0. The lowest BCUT2D eigenvalue weighted by Gasteiger charge is -2.08. The number of nitrogens with zero attached hydrogens (tertiary/aromatic N) is 1. The Morgan fingerprint density at radius 3 is 2.56 bits per heavy atom. The van der Waals surface area contributed by atoms with Gasteiger partial charge in [0.2, 0.25) is 5.91 Å². The van der Waals surface area contributed by atoms with Crippen molar-refractivity contribution in [1.82, 2.24) is 4.90 Å². The van der Waals surface area contributed by atoms with E-state index < -0.39 is 10.8 Å². The molecule has 1 aliphatic heterocycles. The van der Waals surface area contributed by atoms with Gasteiger partial charge in [-0.1, -0.05) is 0 Å². The first-order valence-electron chi connectivity index (χ1n) is 2.80. The van der Waals surface area contributed by atoms with Gasteiger partial charge in [-0.25, -0.2) is 0 Å². The molecule has 52 valence electrons. The molecule has 0 N–H and O–H groups in total. The molecule has 1 saturated heterocycles. The first kappa shape index (κ1) is 6.74. The summed E-state index contributed by atoms with van der Waals surface area (Å²) < 4.78 is 10.7. The summed E-state index contributed by atoms with van der Waals surface area (Å²) in [6.45, 7) is 2.17. The highest BCUT2D eigenvalue weighted by molar-refractivity contribution is 7.85. The SMILES string of the molecule is CC(=O)N1CCS(=O)C1. The Kier molecular flexibility index (Phi) is 1.85. The zero-order valence-electron chi connectivity index (χ0n) is 5.29. The summed E-state index contributed by atoms with van der Waals surface area (Å²) in [5.74, 6) is 1.12. The Labute approximate surface area is 56.5 Å². The average Bonchev–Trinajstić information content (AvgIpc) is 2.14. The van der Waals surface area contributed by atoms with Crippen molar-refractivity contribution in [1.29, 1.82) is 0 Å². The Hall–Kier alpha value is -0.380. The van der Waals surface area contributed by atoms with E-state index in [1.165, 1.54) is 6.92 Å². The molecule has 0 aromatic carbocycles. The van der Waals surface area contributed by atoms with Crippen LogP contribution in [0.15, 0.2) is 0 Å². The van der Waals surface area contributed by atoms with E-state index in [0.717, 1.165) is 0 Å². The second-order valence-electron chi connectivity index (χ2n) is 2.06. The molecule has 1 aliphatic rings. The maximum absolute atomic E-state index is 10.7. The maximum Gasteiger partial charge on any atom is 0.220 e. The van der Waals surface area contributed by atoms with Crippen molar-refractivity contribution >= 4 is 16.7 Å². The largest absolute Gasteiger partial charge is 0.330 e. The minimum absolute atomic E-state index is 0.0286. The van der Waals surface area contributed by atoms with Crippen LogP contribution < -0.4 is 0 Å². The Morgan fingerprint density at radius 1 is 1.67 bits per heavy atom. The van der Waals surface area contributed by atoms with Crippen molar-refractivity contribution in [2.24, 2.45) is 0 Å². The number of carbonyl (C=O) groups excluding carboxylic acids is 1. The molecule has 1 amide bonds. The molecule has 0 bridgehead atoms. The number of amides is 1. The predicted molar refractivity (Wildman–Crippen MR) is 35.3 cm³/mol. The third kappa shape index (κ3) is 1.51. The van der Waals surface area contributed by atoms with Crippen molar-refractivity contribution in [3.63, 3.8) is 0 Å². The van der Waals surface area contributed by atoms with Gasteiger partial charge in [0, 0.05) is 30.0 Å². The number of hydrogen-bond acceptors (Lipinski definition) is 2. The zero-order valence-corrected chi connectivity index (χ0v) is 6.11. The Balaban J connectivity index is 2.48. The van der Waals surface area contributed by atoms with E-state index in [-0.39, 0.29) is 5.91 Å². The molecule has 1 atom stereocenters. The van der Waals surface area contributed by atoms with Gasteiger partial charge in [0.05, 0.1) is 5.88 Å². The van der Waals surface area contributed by atoms with Crippen molar-refractivity contribution in [3.8, 4) is 0 Å². The molecular weight excluding hydrogens is 138 g/mol. The fraction of sp³-hybridized carbons (Fsp3) is 0.800. The van der Waals surface area contributed by atoms with Crippen LogP contribution in [0, 0.1) is 0 Å². The van der Waals surface area contributed by atoms with E-state index in [2.05, 4.69) is 0 Å². The van der Waals surface area contributed by atoms with Gasteiger partial charge in [-0.3, -0.25) is 9.00 Å². The second kappa shape index (κ2) is 2.47. The summed E-state index contributed by atoms with van der Waals surface area (Å²) in [6, 6.07) is 0. The van der Waals surface area contributed by atoms with E-state index >= 15 is 0 Å². The smallest absolute Gasteiger partial charge is 0.220 e. The molecule has 1 heterocycles. The van der Waals surface area contributed by atoms with Crippen molar-refractivity contribution in [2.45, 2.75) is 6.92 Å². The van der Waals surface area contributed by atoms with Crippen molar-refractivity contribution < 1.29 is 9.00 Å². The summed E-state index contributed by atoms with van der Waals surface area (Å²) >= 11 is 0. The second-order valence-corrected chi connectivity index (χ2v) is 3.60. The lowest BCUT2D eigenvalue weighted by Crippen LogP contribution is -2.25. The molecule has 4 heteroatoms. The molecule has 3 nitrogen and oxygen atoms in total. The topological polar surface area (TPSA) is 37.4 Å². The minimum Gasteiger partial charge on any atom is -0.330 e. The van der Waals surface area contributed by atoms with Gasteiger partial charge in [-0.15, -0.1) is 0 Å². The molecule has 0 aliphatic carbocycles. The normalized spacial score (nSPS) is 26.8. The molecular formula is C5H9NO2S. The molecule has 1 fully saturated rings. The van der Waals surface area contributed by atoms with Crippen LogP contribution in [0.3, 0.4) is 0 Å². The molecule has 1 rings (SSSR count). The van der Waals surface area contributed by atoms with E-state index in [0.29, 0.717) is 18.2 Å².